The van der Waals surface area contributed by atoms with Crippen molar-refractivity contribution in [2.24, 2.45) is 5.92 Å². The highest BCUT2D eigenvalue weighted by atomic mass is 32.1. The molecule has 2 heterocycles. The highest BCUT2D eigenvalue weighted by Gasteiger charge is 2.33. The zero-order chi connectivity index (χ0) is 16.2. The van der Waals surface area contributed by atoms with Gasteiger partial charge in [0.15, 0.2) is 0 Å². The van der Waals surface area contributed by atoms with E-state index in [2.05, 4.69) is 15.5 Å². The SMILES string of the molecule is CCN1CC(C(=O)NCc2nnc(-c3ccccc3)s2)CC1=O. The predicted octanol–water partition coefficient (Wildman–Crippen LogP) is 1.69. The van der Waals surface area contributed by atoms with Crippen molar-refractivity contribution in [2.75, 3.05) is 13.1 Å². The second kappa shape index (κ2) is 6.87. The van der Waals surface area contributed by atoms with Crippen LogP contribution in [0.15, 0.2) is 30.3 Å². The third-order valence-electron chi connectivity index (χ3n) is 3.87. The third kappa shape index (κ3) is 3.56. The van der Waals surface area contributed by atoms with E-state index in [-0.39, 0.29) is 17.7 Å². The summed E-state index contributed by atoms with van der Waals surface area (Å²) in [5.41, 5.74) is 1.02. The molecule has 0 spiro atoms. The summed E-state index contributed by atoms with van der Waals surface area (Å²) in [7, 11) is 0. The van der Waals surface area contributed by atoms with Crippen molar-refractivity contribution in [1.82, 2.24) is 20.4 Å². The topological polar surface area (TPSA) is 75.2 Å². The Labute approximate surface area is 138 Å². The number of rotatable bonds is 5. The van der Waals surface area contributed by atoms with Crippen LogP contribution in [0.3, 0.4) is 0 Å². The van der Waals surface area contributed by atoms with Crippen molar-refractivity contribution in [3.63, 3.8) is 0 Å². The van der Waals surface area contributed by atoms with Crippen molar-refractivity contribution in [2.45, 2.75) is 19.9 Å². The van der Waals surface area contributed by atoms with Gasteiger partial charge < -0.3 is 10.2 Å². The standard InChI is InChI=1S/C16H18N4O2S/c1-2-20-10-12(8-14(20)21)15(22)17-9-13-18-19-16(23-13)11-6-4-3-5-7-11/h3-7,12H,2,8-10H2,1H3,(H,17,22). The summed E-state index contributed by atoms with van der Waals surface area (Å²) in [6.45, 7) is 3.43. The lowest BCUT2D eigenvalue weighted by molar-refractivity contribution is -0.128. The molecular weight excluding hydrogens is 312 g/mol. The van der Waals surface area contributed by atoms with Crippen LogP contribution >= 0.6 is 11.3 Å². The van der Waals surface area contributed by atoms with Crippen molar-refractivity contribution in [1.29, 1.82) is 0 Å². The maximum Gasteiger partial charge on any atom is 0.225 e. The summed E-state index contributed by atoms with van der Waals surface area (Å²) < 4.78 is 0. The summed E-state index contributed by atoms with van der Waals surface area (Å²) in [4.78, 5) is 25.6. The fourth-order valence-corrected chi connectivity index (χ4v) is 3.37. The minimum atomic E-state index is -0.260. The first-order chi connectivity index (χ1) is 11.2. The van der Waals surface area contributed by atoms with E-state index in [1.54, 1.807) is 4.90 Å². The van der Waals surface area contributed by atoms with Crippen molar-refractivity contribution in [3.8, 4) is 10.6 Å². The molecule has 1 saturated heterocycles. The lowest BCUT2D eigenvalue weighted by atomic mass is 10.1. The summed E-state index contributed by atoms with van der Waals surface area (Å²) in [6.07, 6.45) is 0.297. The van der Waals surface area contributed by atoms with Crippen LogP contribution in [0.2, 0.25) is 0 Å². The average Bonchev–Trinajstić information content (AvgIpc) is 3.20. The maximum absolute atomic E-state index is 12.2. The van der Waals surface area contributed by atoms with Crippen molar-refractivity contribution >= 4 is 23.2 Å². The van der Waals surface area contributed by atoms with Gasteiger partial charge in [0.25, 0.3) is 0 Å². The van der Waals surface area contributed by atoms with Crippen LogP contribution in [-0.4, -0.2) is 40.0 Å². The van der Waals surface area contributed by atoms with Gasteiger partial charge >= 0.3 is 0 Å². The smallest absolute Gasteiger partial charge is 0.225 e. The van der Waals surface area contributed by atoms with E-state index in [4.69, 9.17) is 0 Å². The Bertz CT molecular complexity index is 701. The molecule has 2 amide bonds. The monoisotopic (exact) mass is 330 g/mol. The fraction of sp³-hybridized carbons (Fsp3) is 0.375. The Balaban J connectivity index is 1.56. The summed E-state index contributed by atoms with van der Waals surface area (Å²) >= 11 is 1.46. The van der Waals surface area contributed by atoms with Gasteiger partial charge in [0, 0.05) is 25.1 Å². The third-order valence-corrected chi connectivity index (χ3v) is 4.84. The Morgan fingerprint density at radius 1 is 1.35 bits per heavy atom. The zero-order valence-corrected chi connectivity index (χ0v) is 13.7. The van der Waals surface area contributed by atoms with Gasteiger partial charge in [-0.2, -0.15) is 0 Å². The van der Waals surface area contributed by atoms with E-state index in [1.165, 1.54) is 11.3 Å². The van der Waals surface area contributed by atoms with Gasteiger partial charge in [-0.05, 0) is 6.92 Å². The molecule has 1 fully saturated rings. The van der Waals surface area contributed by atoms with Crippen LogP contribution in [0, 0.1) is 5.92 Å². The van der Waals surface area contributed by atoms with Crippen LogP contribution in [0.4, 0.5) is 0 Å². The van der Waals surface area contributed by atoms with E-state index in [9.17, 15) is 9.59 Å². The Morgan fingerprint density at radius 3 is 2.83 bits per heavy atom. The largest absolute Gasteiger partial charge is 0.349 e. The number of carbonyl (C=O) groups is 2. The van der Waals surface area contributed by atoms with Gasteiger partial charge in [-0.3, -0.25) is 9.59 Å². The first kappa shape index (κ1) is 15.6. The molecule has 2 aromatic rings. The molecule has 0 saturated carbocycles. The van der Waals surface area contributed by atoms with Crippen LogP contribution < -0.4 is 5.32 Å². The van der Waals surface area contributed by atoms with Gasteiger partial charge in [-0.25, -0.2) is 0 Å². The number of amides is 2. The molecule has 0 aliphatic carbocycles. The molecule has 120 valence electrons. The quantitative estimate of drug-likeness (QED) is 0.905. The number of benzene rings is 1. The second-order valence-corrected chi connectivity index (χ2v) is 6.48. The normalized spacial score (nSPS) is 17.5. The molecule has 1 unspecified atom stereocenters. The summed E-state index contributed by atoms with van der Waals surface area (Å²) in [5, 5.41) is 12.7. The number of nitrogens with zero attached hydrogens (tertiary/aromatic N) is 3. The molecule has 23 heavy (non-hydrogen) atoms. The number of nitrogens with one attached hydrogen (secondary N) is 1. The van der Waals surface area contributed by atoms with Gasteiger partial charge in [0.2, 0.25) is 11.8 Å². The van der Waals surface area contributed by atoms with Crippen molar-refractivity contribution in [3.05, 3.63) is 35.3 Å². The minimum Gasteiger partial charge on any atom is -0.349 e. The summed E-state index contributed by atoms with van der Waals surface area (Å²) in [6, 6.07) is 9.82. The molecule has 1 N–H and O–H groups in total. The molecule has 7 heteroatoms. The Morgan fingerprint density at radius 2 is 2.13 bits per heavy atom. The second-order valence-electron chi connectivity index (χ2n) is 5.42. The van der Waals surface area contributed by atoms with Gasteiger partial charge in [0.05, 0.1) is 12.5 Å². The Kier molecular flexibility index (Phi) is 4.66. The van der Waals surface area contributed by atoms with E-state index >= 15 is 0 Å². The molecule has 0 bridgehead atoms. The molecule has 0 radical (unpaired) electrons. The molecule has 1 aliphatic heterocycles. The first-order valence-electron chi connectivity index (χ1n) is 7.60. The average molecular weight is 330 g/mol. The van der Waals surface area contributed by atoms with Gasteiger partial charge in [-0.1, -0.05) is 41.7 Å². The van der Waals surface area contributed by atoms with E-state index in [1.807, 2.05) is 37.3 Å². The molecule has 6 nitrogen and oxygen atoms in total. The number of hydrogen-bond acceptors (Lipinski definition) is 5. The van der Waals surface area contributed by atoms with E-state index in [0.29, 0.717) is 26.1 Å². The molecular formula is C16H18N4O2S. The molecule has 1 aromatic heterocycles. The van der Waals surface area contributed by atoms with Crippen LogP contribution in [0.25, 0.3) is 10.6 Å². The Hall–Kier alpha value is -2.28. The van der Waals surface area contributed by atoms with Crippen LogP contribution in [-0.2, 0) is 16.1 Å². The lowest BCUT2D eigenvalue weighted by Gasteiger charge is -2.13. The zero-order valence-electron chi connectivity index (χ0n) is 12.9. The molecule has 1 aromatic carbocycles. The fourth-order valence-electron chi connectivity index (χ4n) is 2.58. The number of hydrogen-bond donors (Lipinski definition) is 1. The predicted molar refractivity (Wildman–Crippen MR) is 87.6 cm³/mol. The summed E-state index contributed by atoms with van der Waals surface area (Å²) in [5.74, 6) is -0.301. The van der Waals surface area contributed by atoms with Gasteiger partial charge in [0.1, 0.15) is 10.0 Å². The van der Waals surface area contributed by atoms with E-state index in [0.717, 1.165) is 15.6 Å². The van der Waals surface area contributed by atoms with Gasteiger partial charge in [-0.15, -0.1) is 10.2 Å². The molecule has 3 rings (SSSR count). The number of aromatic nitrogens is 2. The molecule has 1 atom stereocenters. The maximum atomic E-state index is 12.2. The lowest BCUT2D eigenvalue weighted by Crippen LogP contribution is -2.32. The van der Waals surface area contributed by atoms with Crippen LogP contribution in [0.1, 0.15) is 18.4 Å². The highest BCUT2D eigenvalue weighted by Crippen LogP contribution is 2.23. The minimum absolute atomic E-state index is 0.0509. The number of likely N-dealkylation sites (tertiary alicyclic amines) is 1. The highest BCUT2D eigenvalue weighted by molar-refractivity contribution is 7.14. The van der Waals surface area contributed by atoms with Crippen LogP contribution in [0.5, 0.6) is 0 Å². The number of carbonyl (C=O) groups excluding carboxylic acids is 2. The molecule has 1 aliphatic rings. The first-order valence-corrected chi connectivity index (χ1v) is 8.42. The van der Waals surface area contributed by atoms with Crippen molar-refractivity contribution < 1.29 is 9.59 Å². The van der Waals surface area contributed by atoms with E-state index < -0.39 is 0 Å².